The predicted molar refractivity (Wildman–Crippen MR) is 47.3 cm³/mol. The number of hydrogen-bond donors (Lipinski definition) is 0. The fraction of sp³-hybridized carbons (Fsp3) is 0.333. The van der Waals surface area contributed by atoms with Crippen LogP contribution in [-0.4, -0.2) is 18.3 Å². The first-order chi connectivity index (χ1) is 5.90. The Morgan fingerprint density at radius 2 is 2.33 bits per heavy atom. The summed E-state index contributed by atoms with van der Waals surface area (Å²) in [6.07, 6.45) is 3.95. The molecule has 0 radical (unpaired) electrons. The normalized spacial score (nSPS) is 14.1. The number of ether oxygens (including phenoxy) is 1. The van der Waals surface area contributed by atoms with Crippen LogP contribution in [0.25, 0.3) is 0 Å². The van der Waals surface area contributed by atoms with E-state index < -0.39 is 0 Å². The summed E-state index contributed by atoms with van der Waals surface area (Å²) < 4.78 is 5.00. The molecule has 1 aliphatic rings. The van der Waals surface area contributed by atoms with Crippen LogP contribution in [0, 0.1) is 0 Å². The summed E-state index contributed by atoms with van der Waals surface area (Å²) in [6.45, 7) is 0. The minimum absolute atomic E-state index is 0.632. The molecule has 0 N–H and O–H groups in total. The maximum absolute atomic E-state index is 5.00. The topological polar surface area (TPSA) is 34.5 Å². The van der Waals surface area contributed by atoms with Gasteiger partial charge in [-0.2, -0.15) is 4.98 Å². The third kappa shape index (κ3) is 1.18. The molecule has 0 saturated carbocycles. The number of nitrogens with zero attached hydrogens (tertiary/aromatic N) is 2. The molecule has 62 valence electrons. The highest BCUT2D eigenvalue weighted by atomic mass is 16.5. The van der Waals surface area contributed by atoms with E-state index in [0.717, 1.165) is 18.7 Å². The summed E-state index contributed by atoms with van der Waals surface area (Å²) >= 11 is 0. The van der Waals surface area contributed by atoms with Crippen molar-refractivity contribution in [1.29, 1.82) is 0 Å². The van der Waals surface area contributed by atoms with Crippen molar-refractivity contribution in [2.45, 2.75) is 12.8 Å². The fourth-order valence-electron chi connectivity index (χ4n) is 1.25. The Balaban J connectivity index is 2.44. The van der Waals surface area contributed by atoms with Crippen molar-refractivity contribution in [3.63, 3.8) is 0 Å². The zero-order valence-corrected chi connectivity index (χ0v) is 6.95. The molecule has 0 aliphatic carbocycles. The van der Waals surface area contributed by atoms with Gasteiger partial charge in [0.15, 0.2) is 5.82 Å². The van der Waals surface area contributed by atoms with Crippen LogP contribution in [0.5, 0.6) is 5.88 Å². The Morgan fingerprint density at radius 3 is 3.17 bits per heavy atom. The van der Waals surface area contributed by atoms with E-state index >= 15 is 0 Å². The van der Waals surface area contributed by atoms with E-state index in [9.17, 15) is 0 Å². The van der Waals surface area contributed by atoms with Gasteiger partial charge in [-0.3, -0.25) is 0 Å². The van der Waals surface area contributed by atoms with Crippen LogP contribution < -0.4 is 4.74 Å². The smallest absolute Gasteiger partial charge is 0.214 e. The SMILES string of the molecule is COc1ccc2c(n1)N=CCC2. The number of pyridine rings is 1. The highest BCUT2D eigenvalue weighted by Gasteiger charge is 2.07. The van der Waals surface area contributed by atoms with Gasteiger partial charge in [0, 0.05) is 12.3 Å². The van der Waals surface area contributed by atoms with Crippen LogP contribution in [0.2, 0.25) is 0 Å². The van der Waals surface area contributed by atoms with E-state index in [4.69, 9.17) is 4.74 Å². The highest BCUT2D eigenvalue weighted by molar-refractivity contribution is 5.66. The largest absolute Gasteiger partial charge is 0.481 e. The Hall–Kier alpha value is -1.38. The van der Waals surface area contributed by atoms with Gasteiger partial charge in [0.2, 0.25) is 5.88 Å². The lowest BCUT2D eigenvalue weighted by Crippen LogP contribution is -1.97. The van der Waals surface area contributed by atoms with Crippen LogP contribution in [0.15, 0.2) is 17.1 Å². The molecule has 1 aliphatic heterocycles. The van der Waals surface area contributed by atoms with Gasteiger partial charge < -0.3 is 4.74 Å². The fourth-order valence-corrected chi connectivity index (χ4v) is 1.25. The number of aliphatic imine (C=N–C) groups is 1. The molecule has 0 amide bonds. The van der Waals surface area contributed by atoms with Crippen LogP contribution in [0.1, 0.15) is 12.0 Å². The molecule has 0 unspecified atom stereocenters. The minimum Gasteiger partial charge on any atom is -0.481 e. The maximum atomic E-state index is 5.00. The molecule has 3 nitrogen and oxygen atoms in total. The van der Waals surface area contributed by atoms with Gasteiger partial charge in [-0.15, -0.1) is 0 Å². The first-order valence-corrected chi connectivity index (χ1v) is 3.96. The van der Waals surface area contributed by atoms with Gasteiger partial charge in [-0.25, -0.2) is 4.99 Å². The summed E-state index contributed by atoms with van der Waals surface area (Å²) in [4.78, 5) is 8.40. The molecule has 2 rings (SSSR count). The maximum Gasteiger partial charge on any atom is 0.214 e. The lowest BCUT2D eigenvalue weighted by atomic mass is 10.1. The van der Waals surface area contributed by atoms with Crippen molar-refractivity contribution in [1.82, 2.24) is 4.98 Å². The highest BCUT2D eigenvalue weighted by Crippen LogP contribution is 2.23. The molecular formula is C9H10N2O. The molecule has 0 atom stereocenters. The molecular weight excluding hydrogens is 152 g/mol. The van der Waals surface area contributed by atoms with E-state index in [-0.39, 0.29) is 0 Å². The first kappa shape index (κ1) is 7.28. The lowest BCUT2D eigenvalue weighted by molar-refractivity contribution is 0.398. The number of hydrogen-bond acceptors (Lipinski definition) is 3. The van der Waals surface area contributed by atoms with Gasteiger partial charge in [0.05, 0.1) is 7.11 Å². The van der Waals surface area contributed by atoms with Gasteiger partial charge in [-0.05, 0) is 24.5 Å². The zero-order chi connectivity index (χ0) is 8.39. The van der Waals surface area contributed by atoms with Crippen molar-refractivity contribution in [3.05, 3.63) is 17.7 Å². The van der Waals surface area contributed by atoms with E-state index in [1.54, 1.807) is 7.11 Å². The number of methoxy groups -OCH3 is 1. The molecule has 1 aromatic heterocycles. The monoisotopic (exact) mass is 162 g/mol. The van der Waals surface area contributed by atoms with Gasteiger partial charge in [-0.1, -0.05) is 0 Å². The third-order valence-electron chi connectivity index (χ3n) is 1.90. The van der Waals surface area contributed by atoms with Crippen LogP contribution >= 0.6 is 0 Å². The second kappa shape index (κ2) is 2.93. The van der Waals surface area contributed by atoms with Crippen molar-refractivity contribution >= 4 is 12.0 Å². The summed E-state index contributed by atoms with van der Waals surface area (Å²) in [5, 5.41) is 0. The predicted octanol–water partition coefficient (Wildman–Crippen LogP) is 1.74. The summed E-state index contributed by atoms with van der Waals surface area (Å²) in [5.41, 5.74) is 1.21. The molecule has 0 bridgehead atoms. The van der Waals surface area contributed by atoms with Crippen LogP contribution in [0.4, 0.5) is 5.82 Å². The summed E-state index contributed by atoms with van der Waals surface area (Å²) in [6, 6.07) is 3.90. The molecule has 12 heavy (non-hydrogen) atoms. The molecule has 0 fully saturated rings. The molecule has 1 aromatic rings. The van der Waals surface area contributed by atoms with E-state index in [2.05, 4.69) is 9.98 Å². The third-order valence-corrected chi connectivity index (χ3v) is 1.90. The number of aryl methyl sites for hydroxylation is 1. The molecule has 0 saturated heterocycles. The Morgan fingerprint density at radius 1 is 1.42 bits per heavy atom. The number of aromatic nitrogens is 1. The van der Waals surface area contributed by atoms with Gasteiger partial charge in [0.1, 0.15) is 0 Å². The number of fused-ring (bicyclic) bond motifs is 1. The second-order valence-corrected chi connectivity index (χ2v) is 2.69. The van der Waals surface area contributed by atoms with Gasteiger partial charge in [0.25, 0.3) is 0 Å². The minimum atomic E-state index is 0.632. The van der Waals surface area contributed by atoms with Crippen molar-refractivity contribution < 1.29 is 4.74 Å². The molecule has 0 aromatic carbocycles. The van der Waals surface area contributed by atoms with Crippen LogP contribution in [0.3, 0.4) is 0 Å². The second-order valence-electron chi connectivity index (χ2n) is 2.69. The Labute approximate surface area is 71.1 Å². The van der Waals surface area contributed by atoms with Crippen molar-refractivity contribution in [2.75, 3.05) is 7.11 Å². The number of rotatable bonds is 1. The zero-order valence-electron chi connectivity index (χ0n) is 6.95. The average Bonchev–Trinajstić information content (AvgIpc) is 2.17. The lowest BCUT2D eigenvalue weighted by Gasteiger charge is -2.08. The first-order valence-electron chi connectivity index (χ1n) is 3.96. The van der Waals surface area contributed by atoms with Crippen molar-refractivity contribution in [3.8, 4) is 5.88 Å². The van der Waals surface area contributed by atoms with Gasteiger partial charge >= 0.3 is 0 Å². The van der Waals surface area contributed by atoms with E-state index in [1.165, 1.54) is 5.56 Å². The van der Waals surface area contributed by atoms with E-state index in [1.807, 2.05) is 18.3 Å². The van der Waals surface area contributed by atoms with E-state index in [0.29, 0.717) is 5.88 Å². The quantitative estimate of drug-likeness (QED) is 0.630. The summed E-state index contributed by atoms with van der Waals surface area (Å²) in [7, 11) is 1.61. The Bertz CT molecular complexity index is 320. The molecule has 3 heteroatoms. The Kier molecular flexibility index (Phi) is 1.78. The molecule has 2 heterocycles. The molecule has 0 spiro atoms. The van der Waals surface area contributed by atoms with Crippen molar-refractivity contribution in [2.24, 2.45) is 4.99 Å². The summed E-state index contributed by atoms with van der Waals surface area (Å²) in [5.74, 6) is 1.44. The average molecular weight is 162 g/mol. The standard InChI is InChI=1S/C9H10N2O/c1-12-8-5-4-7-3-2-6-10-9(7)11-8/h4-6H,2-3H2,1H3. The van der Waals surface area contributed by atoms with Crippen LogP contribution in [-0.2, 0) is 6.42 Å².